The van der Waals surface area contributed by atoms with Crippen molar-refractivity contribution in [2.75, 3.05) is 0 Å². The standard InChI is InChI=1S/C9H12O2/c1-4-7(3)6-8(5-2)9(10)11/h5-6H,2-4H2,1H3,(H,10,11)/b8-6+. The summed E-state index contributed by atoms with van der Waals surface area (Å²) >= 11 is 0. The summed E-state index contributed by atoms with van der Waals surface area (Å²) in [7, 11) is 0. The van der Waals surface area contributed by atoms with Crippen molar-refractivity contribution < 1.29 is 9.90 Å². The second-order valence-electron chi connectivity index (χ2n) is 2.12. The third kappa shape index (κ3) is 3.40. The molecule has 0 atom stereocenters. The van der Waals surface area contributed by atoms with E-state index in [2.05, 4.69) is 13.2 Å². The number of hydrogen-bond donors (Lipinski definition) is 1. The summed E-state index contributed by atoms with van der Waals surface area (Å²) in [5, 5.41) is 8.54. The zero-order valence-electron chi connectivity index (χ0n) is 6.63. The van der Waals surface area contributed by atoms with Gasteiger partial charge in [-0.05, 0) is 12.5 Å². The van der Waals surface area contributed by atoms with Crippen molar-refractivity contribution >= 4 is 5.97 Å². The van der Waals surface area contributed by atoms with Crippen molar-refractivity contribution in [1.82, 2.24) is 0 Å². The van der Waals surface area contributed by atoms with Gasteiger partial charge in [0.15, 0.2) is 0 Å². The Balaban J connectivity index is 4.48. The molecule has 0 rings (SSSR count). The highest BCUT2D eigenvalue weighted by molar-refractivity contribution is 5.90. The Kier molecular flexibility index (Phi) is 3.96. The molecule has 1 N–H and O–H groups in total. The van der Waals surface area contributed by atoms with E-state index in [4.69, 9.17) is 5.11 Å². The quantitative estimate of drug-likeness (QED) is 0.495. The van der Waals surface area contributed by atoms with Crippen molar-refractivity contribution in [3.8, 4) is 0 Å². The Morgan fingerprint density at radius 3 is 2.45 bits per heavy atom. The maximum atomic E-state index is 10.4. The average molecular weight is 152 g/mol. The van der Waals surface area contributed by atoms with E-state index in [1.54, 1.807) is 0 Å². The first-order valence-corrected chi connectivity index (χ1v) is 3.37. The number of carbonyl (C=O) groups is 1. The highest BCUT2D eigenvalue weighted by Crippen LogP contribution is 2.04. The van der Waals surface area contributed by atoms with Crippen LogP contribution in [0.4, 0.5) is 0 Å². The van der Waals surface area contributed by atoms with E-state index in [-0.39, 0.29) is 5.57 Å². The zero-order valence-corrected chi connectivity index (χ0v) is 6.63. The molecule has 0 heterocycles. The molecule has 0 aromatic heterocycles. The first-order valence-electron chi connectivity index (χ1n) is 3.37. The molecule has 0 spiro atoms. The number of carboxylic acid groups (broad SMARTS) is 1. The molecule has 0 saturated heterocycles. The molecule has 0 aromatic carbocycles. The topological polar surface area (TPSA) is 37.3 Å². The molecule has 0 unspecified atom stereocenters. The van der Waals surface area contributed by atoms with Crippen LogP contribution < -0.4 is 0 Å². The predicted octanol–water partition coefficient (Wildman–Crippen LogP) is 2.15. The summed E-state index contributed by atoms with van der Waals surface area (Å²) in [4.78, 5) is 10.4. The molecule has 0 aromatic rings. The van der Waals surface area contributed by atoms with Gasteiger partial charge < -0.3 is 5.11 Å². The lowest BCUT2D eigenvalue weighted by atomic mass is 10.1. The maximum absolute atomic E-state index is 10.4. The highest BCUT2D eigenvalue weighted by atomic mass is 16.4. The van der Waals surface area contributed by atoms with Crippen LogP contribution in [-0.4, -0.2) is 11.1 Å². The number of rotatable bonds is 4. The van der Waals surface area contributed by atoms with Crippen molar-refractivity contribution in [1.29, 1.82) is 0 Å². The van der Waals surface area contributed by atoms with Crippen LogP contribution in [0.1, 0.15) is 13.3 Å². The van der Waals surface area contributed by atoms with Crippen molar-refractivity contribution in [3.05, 3.63) is 36.5 Å². The summed E-state index contributed by atoms with van der Waals surface area (Å²) in [5.74, 6) is -0.963. The molecule has 0 radical (unpaired) electrons. The molecule has 0 aliphatic rings. The van der Waals surface area contributed by atoms with Crippen LogP contribution in [0.2, 0.25) is 0 Å². The molecule has 0 fully saturated rings. The van der Waals surface area contributed by atoms with Crippen molar-refractivity contribution in [3.63, 3.8) is 0 Å². The Morgan fingerprint density at radius 2 is 2.18 bits per heavy atom. The lowest BCUT2D eigenvalue weighted by Gasteiger charge is -1.95. The Labute approximate surface area is 66.5 Å². The molecule has 60 valence electrons. The van der Waals surface area contributed by atoms with Crippen LogP contribution >= 0.6 is 0 Å². The first-order chi connectivity index (χ1) is 5.11. The van der Waals surface area contributed by atoms with Gasteiger partial charge in [-0.25, -0.2) is 4.79 Å². The molecule has 0 saturated carbocycles. The molecule has 2 nitrogen and oxygen atoms in total. The predicted molar refractivity (Wildman–Crippen MR) is 45.3 cm³/mol. The number of hydrogen-bond acceptors (Lipinski definition) is 1. The highest BCUT2D eigenvalue weighted by Gasteiger charge is 2.00. The molecule has 11 heavy (non-hydrogen) atoms. The maximum Gasteiger partial charge on any atom is 0.335 e. The minimum Gasteiger partial charge on any atom is -0.478 e. The second-order valence-corrected chi connectivity index (χ2v) is 2.12. The third-order valence-electron chi connectivity index (χ3n) is 1.28. The fourth-order valence-electron chi connectivity index (χ4n) is 0.530. The van der Waals surface area contributed by atoms with E-state index < -0.39 is 5.97 Å². The van der Waals surface area contributed by atoms with Gasteiger partial charge in [-0.1, -0.05) is 31.7 Å². The van der Waals surface area contributed by atoms with Crippen LogP contribution in [0.25, 0.3) is 0 Å². The van der Waals surface area contributed by atoms with Gasteiger partial charge in [0.05, 0.1) is 5.57 Å². The van der Waals surface area contributed by atoms with Gasteiger partial charge in [0, 0.05) is 0 Å². The Hall–Kier alpha value is -1.31. The van der Waals surface area contributed by atoms with Crippen LogP contribution in [-0.2, 0) is 4.79 Å². The summed E-state index contributed by atoms with van der Waals surface area (Å²) in [6.07, 6.45) is 3.59. The van der Waals surface area contributed by atoms with E-state index in [1.807, 2.05) is 6.92 Å². The van der Waals surface area contributed by atoms with Crippen LogP contribution in [0.15, 0.2) is 36.5 Å². The molecule has 0 bridgehead atoms. The average Bonchev–Trinajstić information content (AvgIpc) is 1.99. The fourth-order valence-corrected chi connectivity index (χ4v) is 0.530. The first kappa shape index (κ1) is 9.69. The van der Waals surface area contributed by atoms with Crippen LogP contribution in [0, 0.1) is 0 Å². The van der Waals surface area contributed by atoms with E-state index in [0.717, 1.165) is 12.0 Å². The zero-order chi connectivity index (χ0) is 8.85. The second kappa shape index (κ2) is 4.50. The van der Waals surface area contributed by atoms with E-state index in [0.29, 0.717) is 0 Å². The van der Waals surface area contributed by atoms with Gasteiger partial charge in [-0.15, -0.1) is 0 Å². The number of aliphatic carboxylic acids is 1. The lowest BCUT2D eigenvalue weighted by molar-refractivity contribution is -0.132. The largest absolute Gasteiger partial charge is 0.478 e. The van der Waals surface area contributed by atoms with E-state index >= 15 is 0 Å². The van der Waals surface area contributed by atoms with Gasteiger partial charge >= 0.3 is 5.97 Å². The summed E-state index contributed by atoms with van der Waals surface area (Å²) < 4.78 is 0. The molecular formula is C9H12O2. The van der Waals surface area contributed by atoms with Crippen LogP contribution in [0.3, 0.4) is 0 Å². The molecule has 2 heteroatoms. The van der Waals surface area contributed by atoms with Gasteiger partial charge in [-0.2, -0.15) is 0 Å². The Bertz CT molecular complexity index is 212. The van der Waals surface area contributed by atoms with Gasteiger partial charge in [0.1, 0.15) is 0 Å². The number of carboxylic acids is 1. The summed E-state index contributed by atoms with van der Waals surface area (Å²) in [5.41, 5.74) is 0.985. The smallest absolute Gasteiger partial charge is 0.335 e. The lowest BCUT2D eigenvalue weighted by Crippen LogP contribution is -1.97. The number of allylic oxidation sites excluding steroid dienone is 2. The Morgan fingerprint density at radius 1 is 1.64 bits per heavy atom. The minimum atomic E-state index is -0.963. The minimum absolute atomic E-state index is 0.192. The van der Waals surface area contributed by atoms with Crippen molar-refractivity contribution in [2.24, 2.45) is 0 Å². The summed E-state index contributed by atoms with van der Waals surface area (Å²) in [6, 6.07) is 0. The fraction of sp³-hybridized carbons (Fsp3) is 0.222. The SMILES string of the molecule is C=C/C(=C\C(=C)CC)C(=O)O. The van der Waals surface area contributed by atoms with Crippen LogP contribution in [0.5, 0.6) is 0 Å². The summed E-state index contributed by atoms with van der Waals surface area (Å²) in [6.45, 7) is 8.95. The molecule has 0 aliphatic carbocycles. The van der Waals surface area contributed by atoms with E-state index in [1.165, 1.54) is 12.2 Å². The normalized spacial score (nSPS) is 10.8. The monoisotopic (exact) mass is 152 g/mol. The molecule has 0 amide bonds. The third-order valence-corrected chi connectivity index (χ3v) is 1.28. The molecule has 0 aliphatic heterocycles. The molecular weight excluding hydrogens is 140 g/mol. The van der Waals surface area contributed by atoms with E-state index in [9.17, 15) is 4.79 Å². The van der Waals surface area contributed by atoms with Gasteiger partial charge in [0.2, 0.25) is 0 Å². The van der Waals surface area contributed by atoms with Gasteiger partial charge in [0.25, 0.3) is 0 Å². The van der Waals surface area contributed by atoms with Crippen molar-refractivity contribution in [2.45, 2.75) is 13.3 Å². The van der Waals surface area contributed by atoms with Gasteiger partial charge in [-0.3, -0.25) is 0 Å².